The second-order valence-corrected chi connectivity index (χ2v) is 18.6. The molecule has 6 heteroatoms. The van der Waals surface area contributed by atoms with E-state index in [1.54, 1.807) is 0 Å². The number of esters is 1. The van der Waals surface area contributed by atoms with Crippen LogP contribution in [0.2, 0.25) is 0 Å². The molecular formula is C56H105NO5. The lowest BCUT2D eigenvalue weighted by molar-refractivity contribution is -0.151. The fourth-order valence-electron chi connectivity index (χ4n) is 8.28. The van der Waals surface area contributed by atoms with Gasteiger partial charge in [0.25, 0.3) is 0 Å². The minimum Gasteiger partial charge on any atom is -0.462 e. The summed E-state index contributed by atoms with van der Waals surface area (Å²) in [5.41, 5.74) is 0. The summed E-state index contributed by atoms with van der Waals surface area (Å²) in [6, 6.07) is -0.706. The number of aliphatic hydroxyl groups excluding tert-OH is 2. The summed E-state index contributed by atoms with van der Waals surface area (Å²) in [5.74, 6) is -0.488. The maximum absolute atomic E-state index is 13.2. The van der Waals surface area contributed by atoms with Crippen LogP contribution in [0.25, 0.3) is 0 Å². The summed E-state index contributed by atoms with van der Waals surface area (Å²) < 4.78 is 5.93. The van der Waals surface area contributed by atoms with E-state index in [4.69, 9.17) is 4.74 Å². The van der Waals surface area contributed by atoms with Crippen molar-refractivity contribution < 1.29 is 24.5 Å². The van der Waals surface area contributed by atoms with Crippen molar-refractivity contribution in [2.45, 2.75) is 302 Å². The van der Waals surface area contributed by atoms with Gasteiger partial charge in [-0.1, -0.05) is 224 Å². The molecule has 0 heterocycles. The number of unbranched alkanes of at least 4 members (excludes halogenated alkanes) is 31. The number of hydrogen-bond donors (Lipinski definition) is 3. The van der Waals surface area contributed by atoms with Crippen LogP contribution in [0.1, 0.15) is 284 Å². The average Bonchev–Trinajstić information content (AvgIpc) is 3.26. The number of nitrogens with one attached hydrogen (secondary N) is 1. The molecular weight excluding hydrogens is 767 g/mol. The number of ether oxygens (including phenoxy) is 1. The van der Waals surface area contributed by atoms with Crippen LogP contribution in [0.4, 0.5) is 0 Å². The van der Waals surface area contributed by atoms with Crippen molar-refractivity contribution in [1.29, 1.82) is 0 Å². The molecule has 0 fully saturated rings. The summed E-state index contributed by atoms with van der Waals surface area (Å²) in [4.78, 5) is 26.2. The van der Waals surface area contributed by atoms with Crippen LogP contribution in [-0.4, -0.2) is 46.9 Å². The molecule has 6 nitrogen and oxygen atoms in total. The molecule has 3 atom stereocenters. The molecule has 0 aliphatic carbocycles. The van der Waals surface area contributed by atoms with Gasteiger partial charge in [0.1, 0.15) is 6.10 Å². The molecule has 0 aliphatic heterocycles. The maximum Gasteiger partial charge on any atom is 0.306 e. The second kappa shape index (κ2) is 50.1. The number of carbonyl (C=O) groups excluding carboxylic acids is 2. The van der Waals surface area contributed by atoms with E-state index in [9.17, 15) is 19.8 Å². The van der Waals surface area contributed by atoms with Gasteiger partial charge in [-0.2, -0.15) is 0 Å². The summed E-state index contributed by atoms with van der Waals surface area (Å²) >= 11 is 0. The third-order valence-corrected chi connectivity index (χ3v) is 12.4. The van der Waals surface area contributed by atoms with Gasteiger partial charge in [-0.05, 0) is 83.5 Å². The number of hydrogen-bond acceptors (Lipinski definition) is 5. The molecule has 0 bridgehead atoms. The van der Waals surface area contributed by atoms with Crippen LogP contribution in [0.3, 0.4) is 0 Å². The summed E-state index contributed by atoms with van der Waals surface area (Å²) in [5, 5.41) is 23.8. The first-order chi connectivity index (χ1) is 30.5. The largest absolute Gasteiger partial charge is 0.462 e. The van der Waals surface area contributed by atoms with Crippen molar-refractivity contribution in [3.05, 3.63) is 36.5 Å². The van der Waals surface area contributed by atoms with E-state index in [1.807, 2.05) is 0 Å². The highest BCUT2D eigenvalue weighted by Gasteiger charge is 2.24. The first kappa shape index (κ1) is 60.1. The van der Waals surface area contributed by atoms with Crippen LogP contribution in [-0.2, 0) is 14.3 Å². The van der Waals surface area contributed by atoms with E-state index in [-0.39, 0.29) is 24.9 Å². The lowest BCUT2D eigenvalue weighted by Crippen LogP contribution is -2.46. The number of aliphatic hydroxyl groups is 2. The Balaban J connectivity index is 4.55. The number of carbonyl (C=O) groups is 2. The Kier molecular flexibility index (Phi) is 48.5. The highest BCUT2D eigenvalue weighted by molar-refractivity contribution is 5.77. The summed E-state index contributed by atoms with van der Waals surface area (Å²) in [7, 11) is 0. The van der Waals surface area contributed by atoms with Crippen molar-refractivity contribution in [3.63, 3.8) is 0 Å². The minimum atomic E-state index is -0.791. The van der Waals surface area contributed by atoms with Crippen LogP contribution in [0.5, 0.6) is 0 Å². The molecule has 0 aromatic carbocycles. The molecule has 0 rings (SSSR count). The summed E-state index contributed by atoms with van der Waals surface area (Å²) in [6.07, 6.45) is 59.1. The van der Waals surface area contributed by atoms with E-state index in [1.165, 1.54) is 167 Å². The first-order valence-electron chi connectivity index (χ1n) is 27.2. The van der Waals surface area contributed by atoms with E-state index in [2.05, 4.69) is 62.5 Å². The van der Waals surface area contributed by atoms with Crippen LogP contribution in [0, 0.1) is 0 Å². The lowest BCUT2D eigenvalue weighted by Gasteiger charge is -2.24. The van der Waals surface area contributed by atoms with Crippen molar-refractivity contribution >= 4 is 11.9 Å². The summed E-state index contributed by atoms with van der Waals surface area (Å²) in [6.45, 7) is 6.45. The topological polar surface area (TPSA) is 95.9 Å². The molecule has 0 saturated carbocycles. The molecule has 0 spiro atoms. The minimum absolute atomic E-state index is 0.0673. The van der Waals surface area contributed by atoms with E-state index in [0.29, 0.717) is 19.3 Å². The van der Waals surface area contributed by atoms with E-state index >= 15 is 0 Å². The smallest absolute Gasteiger partial charge is 0.306 e. The van der Waals surface area contributed by atoms with Crippen LogP contribution in [0.15, 0.2) is 36.5 Å². The van der Waals surface area contributed by atoms with Crippen LogP contribution < -0.4 is 5.32 Å². The van der Waals surface area contributed by atoms with Gasteiger partial charge in [-0.15, -0.1) is 0 Å². The monoisotopic (exact) mass is 872 g/mol. The van der Waals surface area contributed by atoms with Crippen molar-refractivity contribution in [1.82, 2.24) is 5.32 Å². The van der Waals surface area contributed by atoms with Gasteiger partial charge < -0.3 is 20.3 Å². The van der Waals surface area contributed by atoms with Gasteiger partial charge in [0.15, 0.2) is 0 Å². The van der Waals surface area contributed by atoms with Gasteiger partial charge in [-0.3, -0.25) is 9.59 Å². The Hall–Kier alpha value is -1.92. The zero-order valence-corrected chi connectivity index (χ0v) is 41.5. The standard InChI is InChI=1S/C56H105NO5/c1-4-7-10-13-16-19-22-25-27-29-31-33-36-39-42-45-48-54(59)53(51-58)57-55(60)50-52(47-44-41-38-35-32-30-28-26-23-20-17-14-11-8-5-2)62-56(61)49-46-43-40-37-34-24-21-18-15-12-9-6-3/h17-18,20-21,26,28,52-54,58-59H,4-16,19,22-25,27,29-51H2,1-3H3,(H,57,60)/b20-17-,21-18-,28-26-. The molecule has 364 valence electrons. The fourth-order valence-corrected chi connectivity index (χ4v) is 8.28. The number of amides is 1. The van der Waals surface area contributed by atoms with Gasteiger partial charge >= 0.3 is 5.97 Å². The number of rotatable bonds is 49. The molecule has 1 amide bonds. The third-order valence-electron chi connectivity index (χ3n) is 12.4. The van der Waals surface area contributed by atoms with Gasteiger partial charge in [0.2, 0.25) is 5.91 Å². The molecule has 0 aromatic heterocycles. The normalized spacial score (nSPS) is 13.4. The second-order valence-electron chi connectivity index (χ2n) is 18.6. The molecule has 3 N–H and O–H groups in total. The van der Waals surface area contributed by atoms with Crippen LogP contribution >= 0.6 is 0 Å². The van der Waals surface area contributed by atoms with Gasteiger partial charge in [0, 0.05) is 6.42 Å². The van der Waals surface area contributed by atoms with E-state index in [0.717, 1.165) is 70.6 Å². The van der Waals surface area contributed by atoms with E-state index < -0.39 is 18.2 Å². The molecule has 0 aromatic rings. The van der Waals surface area contributed by atoms with Gasteiger partial charge in [-0.25, -0.2) is 0 Å². The van der Waals surface area contributed by atoms with Crippen molar-refractivity contribution in [2.24, 2.45) is 0 Å². The average molecular weight is 872 g/mol. The molecule has 3 unspecified atom stereocenters. The third kappa shape index (κ3) is 44.7. The molecule has 0 saturated heterocycles. The highest BCUT2D eigenvalue weighted by atomic mass is 16.5. The predicted molar refractivity (Wildman–Crippen MR) is 269 cm³/mol. The van der Waals surface area contributed by atoms with Crippen molar-refractivity contribution in [3.8, 4) is 0 Å². The van der Waals surface area contributed by atoms with Gasteiger partial charge in [0.05, 0.1) is 25.2 Å². The number of allylic oxidation sites excluding steroid dienone is 6. The lowest BCUT2D eigenvalue weighted by atomic mass is 10.0. The SMILES string of the molecule is CCCCC/C=C\C/C=C\CCCCCCCC(CC(=O)NC(CO)C(O)CCCCCCCCCCCCCCCCCC)OC(=O)CCCCCCC/C=C\CCCCC. The predicted octanol–water partition coefficient (Wildman–Crippen LogP) is 16.5. The molecule has 0 radical (unpaired) electrons. The Bertz CT molecular complexity index is 1020. The Morgan fingerprint density at radius 2 is 0.823 bits per heavy atom. The zero-order chi connectivity index (χ0) is 45.2. The highest BCUT2D eigenvalue weighted by Crippen LogP contribution is 2.18. The molecule has 62 heavy (non-hydrogen) atoms. The quantitative estimate of drug-likeness (QED) is 0.0321. The maximum atomic E-state index is 13.2. The Morgan fingerprint density at radius 1 is 0.468 bits per heavy atom. The Morgan fingerprint density at radius 3 is 1.27 bits per heavy atom. The molecule has 0 aliphatic rings. The zero-order valence-electron chi connectivity index (χ0n) is 41.5. The first-order valence-corrected chi connectivity index (χ1v) is 27.2. The van der Waals surface area contributed by atoms with Crippen molar-refractivity contribution in [2.75, 3.05) is 6.61 Å². The Labute approximate surface area is 385 Å². The fraction of sp³-hybridized carbons (Fsp3) is 0.857.